The summed E-state index contributed by atoms with van der Waals surface area (Å²) < 4.78 is 0.703. The molecule has 1 unspecified atom stereocenters. The van der Waals surface area contributed by atoms with Crippen LogP contribution in [0.4, 0.5) is 0 Å². The van der Waals surface area contributed by atoms with Crippen LogP contribution in [0.2, 0.25) is 4.34 Å². The second-order valence-electron chi connectivity index (χ2n) is 3.97. The molecule has 0 amide bonds. The molecule has 0 aliphatic heterocycles. The molecule has 5 heteroatoms. The molecule has 1 heterocycles. The highest BCUT2D eigenvalue weighted by atomic mass is 35.5. The Morgan fingerprint density at radius 1 is 1.60 bits per heavy atom. The summed E-state index contributed by atoms with van der Waals surface area (Å²) in [5.74, 6) is 0.524. The maximum atomic E-state index is 9.60. The van der Waals surface area contributed by atoms with Crippen molar-refractivity contribution in [2.24, 2.45) is 5.92 Å². The first-order chi connectivity index (χ1) is 7.08. The Bertz CT molecular complexity index is 291. The summed E-state index contributed by atoms with van der Waals surface area (Å²) in [6.07, 6.45) is 2.19. The molecule has 1 aromatic heterocycles. The number of thiazole rings is 1. The first kappa shape index (κ1) is 12.9. The Balaban J connectivity index is 2.16. The van der Waals surface area contributed by atoms with Crippen LogP contribution in [0.5, 0.6) is 0 Å². The number of aliphatic hydroxyl groups excluding tert-OH is 1. The van der Waals surface area contributed by atoms with Crippen LogP contribution >= 0.6 is 22.9 Å². The molecule has 0 bridgehead atoms. The Hall–Kier alpha value is -0.160. The van der Waals surface area contributed by atoms with Gasteiger partial charge in [0.15, 0.2) is 0 Å². The van der Waals surface area contributed by atoms with Crippen molar-refractivity contribution in [1.82, 2.24) is 10.3 Å². The molecule has 86 valence electrons. The van der Waals surface area contributed by atoms with Gasteiger partial charge < -0.3 is 10.4 Å². The fourth-order valence-electron chi connectivity index (χ4n) is 1.34. The highest BCUT2D eigenvalue weighted by Crippen LogP contribution is 2.17. The molecule has 0 spiro atoms. The first-order valence-corrected chi connectivity index (χ1v) is 6.26. The lowest BCUT2D eigenvalue weighted by Gasteiger charge is -2.12. The lowest BCUT2D eigenvalue weighted by Crippen LogP contribution is -2.27. The second-order valence-corrected chi connectivity index (χ2v) is 5.72. The van der Waals surface area contributed by atoms with Gasteiger partial charge in [-0.2, -0.15) is 0 Å². The molecular weight excluding hydrogens is 232 g/mol. The van der Waals surface area contributed by atoms with Gasteiger partial charge in [0.05, 0.1) is 12.3 Å². The lowest BCUT2D eigenvalue weighted by molar-refractivity contribution is 0.146. The first-order valence-electron chi connectivity index (χ1n) is 5.07. The van der Waals surface area contributed by atoms with Crippen LogP contribution in [-0.2, 0) is 6.54 Å². The summed E-state index contributed by atoms with van der Waals surface area (Å²) in [7, 11) is 0. The van der Waals surface area contributed by atoms with Crippen LogP contribution in [0.1, 0.15) is 25.3 Å². The van der Waals surface area contributed by atoms with Crippen molar-refractivity contribution in [1.29, 1.82) is 0 Å². The predicted molar refractivity (Wildman–Crippen MR) is 64.3 cm³/mol. The fraction of sp³-hybridized carbons (Fsp3) is 0.700. The number of hydrogen-bond donors (Lipinski definition) is 2. The normalized spacial score (nSPS) is 13.4. The van der Waals surface area contributed by atoms with E-state index in [9.17, 15) is 5.11 Å². The number of rotatable bonds is 6. The van der Waals surface area contributed by atoms with E-state index in [0.29, 0.717) is 23.3 Å². The number of halogens is 1. The average molecular weight is 249 g/mol. The molecule has 0 aromatic carbocycles. The molecule has 0 aliphatic rings. The van der Waals surface area contributed by atoms with E-state index < -0.39 is 0 Å². The second kappa shape index (κ2) is 6.43. The summed E-state index contributed by atoms with van der Waals surface area (Å²) in [5.41, 5.74) is 0. The maximum Gasteiger partial charge on any atom is 0.113 e. The quantitative estimate of drug-likeness (QED) is 0.812. The minimum absolute atomic E-state index is 0.277. The van der Waals surface area contributed by atoms with E-state index in [2.05, 4.69) is 24.1 Å². The zero-order valence-corrected chi connectivity index (χ0v) is 10.6. The molecule has 3 nitrogen and oxygen atoms in total. The summed E-state index contributed by atoms with van der Waals surface area (Å²) in [6, 6.07) is 0. The smallest absolute Gasteiger partial charge is 0.113 e. The Morgan fingerprint density at radius 3 is 2.87 bits per heavy atom. The monoisotopic (exact) mass is 248 g/mol. The Labute approximate surface area is 99.5 Å². The van der Waals surface area contributed by atoms with E-state index in [-0.39, 0.29) is 6.10 Å². The van der Waals surface area contributed by atoms with Crippen LogP contribution < -0.4 is 5.32 Å². The topological polar surface area (TPSA) is 45.1 Å². The van der Waals surface area contributed by atoms with Gasteiger partial charge in [0, 0.05) is 13.1 Å². The third-order valence-corrected chi connectivity index (χ3v) is 3.04. The van der Waals surface area contributed by atoms with Gasteiger partial charge in [-0.1, -0.05) is 25.4 Å². The fourth-order valence-corrected chi connectivity index (χ4v) is 2.27. The zero-order chi connectivity index (χ0) is 11.3. The van der Waals surface area contributed by atoms with Gasteiger partial charge in [-0.3, -0.25) is 0 Å². The maximum absolute atomic E-state index is 9.60. The molecule has 15 heavy (non-hydrogen) atoms. The molecule has 1 rings (SSSR count). The Morgan fingerprint density at radius 2 is 2.33 bits per heavy atom. The molecular formula is C10H17ClN2OS. The number of nitrogens with zero attached hydrogens (tertiary/aromatic N) is 1. The van der Waals surface area contributed by atoms with E-state index >= 15 is 0 Å². The minimum atomic E-state index is -0.277. The number of aliphatic hydroxyl groups is 1. The molecule has 2 N–H and O–H groups in total. The molecule has 0 saturated carbocycles. The highest BCUT2D eigenvalue weighted by Gasteiger charge is 2.06. The SMILES string of the molecule is CC(C)CC(O)CNCc1ncc(Cl)s1. The standard InChI is InChI=1S/C10H17ClN2OS/c1-7(2)3-8(14)4-12-6-10-13-5-9(11)15-10/h5,7-8,12,14H,3-4,6H2,1-2H3. The largest absolute Gasteiger partial charge is 0.392 e. The van der Waals surface area contributed by atoms with Crippen molar-refractivity contribution in [2.45, 2.75) is 32.9 Å². The molecule has 0 aliphatic carbocycles. The predicted octanol–water partition coefficient (Wildman–Crippen LogP) is 2.29. The van der Waals surface area contributed by atoms with Crippen molar-refractivity contribution in [2.75, 3.05) is 6.54 Å². The van der Waals surface area contributed by atoms with Crippen molar-refractivity contribution >= 4 is 22.9 Å². The number of aromatic nitrogens is 1. The third kappa shape index (κ3) is 5.47. The summed E-state index contributed by atoms with van der Waals surface area (Å²) in [5, 5.41) is 13.7. The molecule has 1 aromatic rings. The van der Waals surface area contributed by atoms with E-state index in [0.717, 1.165) is 11.4 Å². The zero-order valence-electron chi connectivity index (χ0n) is 9.03. The van der Waals surface area contributed by atoms with Crippen LogP contribution in [0, 0.1) is 5.92 Å². The summed E-state index contributed by atoms with van der Waals surface area (Å²) in [4.78, 5) is 4.12. The lowest BCUT2D eigenvalue weighted by atomic mass is 10.1. The van der Waals surface area contributed by atoms with Gasteiger partial charge in [0.1, 0.15) is 9.34 Å². The van der Waals surface area contributed by atoms with Gasteiger partial charge in [0.2, 0.25) is 0 Å². The van der Waals surface area contributed by atoms with Crippen LogP contribution in [0.25, 0.3) is 0 Å². The van der Waals surface area contributed by atoms with E-state index in [1.807, 2.05) is 0 Å². The van der Waals surface area contributed by atoms with E-state index in [4.69, 9.17) is 11.6 Å². The van der Waals surface area contributed by atoms with Crippen molar-refractivity contribution < 1.29 is 5.11 Å². The number of nitrogens with one attached hydrogen (secondary N) is 1. The van der Waals surface area contributed by atoms with E-state index in [1.165, 1.54) is 11.3 Å². The van der Waals surface area contributed by atoms with Crippen molar-refractivity contribution in [3.63, 3.8) is 0 Å². The third-order valence-electron chi connectivity index (χ3n) is 1.93. The van der Waals surface area contributed by atoms with Crippen LogP contribution in [0.3, 0.4) is 0 Å². The minimum Gasteiger partial charge on any atom is -0.392 e. The molecule has 1 atom stereocenters. The summed E-state index contributed by atoms with van der Waals surface area (Å²) >= 11 is 7.21. The summed E-state index contributed by atoms with van der Waals surface area (Å²) in [6.45, 7) is 5.48. The van der Waals surface area contributed by atoms with Crippen LogP contribution in [0.15, 0.2) is 6.20 Å². The number of hydrogen-bond acceptors (Lipinski definition) is 4. The van der Waals surface area contributed by atoms with Gasteiger partial charge in [0.25, 0.3) is 0 Å². The average Bonchev–Trinajstić information content (AvgIpc) is 2.50. The van der Waals surface area contributed by atoms with Crippen molar-refractivity contribution in [3.05, 3.63) is 15.5 Å². The molecule has 0 saturated heterocycles. The van der Waals surface area contributed by atoms with Gasteiger partial charge >= 0.3 is 0 Å². The Kier molecular flexibility index (Phi) is 5.53. The van der Waals surface area contributed by atoms with E-state index in [1.54, 1.807) is 6.20 Å². The van der Waals surface area contributed by atoms with Gasteiger partial charge in [-0.25, -0.2) is 4.98 Å². The van der Waals surface area contributed by atoms with Gasteiger partial charge in [-0.15, -0.1) is 11.3 Å². The van der Waals surface area contributed by atoms with Gasteiger partial charge in [-0.05, 0) is 12.3 Å². The van der Waals surface area contributed by atoms with Crippen molar-refractivity contribution in [3.8, 4) is 0 Å². The molecule has 0 fully saturated rings. The molecule has 0 radical (unpaired) electrons. The highest BCUT2D eigenvalue weighted by molar-refractivity contribution is 7.15. The van der Waals surface area contributed by atoms with Crippen LogP contribution in [-0.4, -0.2) is 22.7 Å².